The van der Waals surface area contributed by atoms with Crippen LogP contribution in [-0.4, -0.2) is 51.8 Å². The molecule has 2 heterocycles. The van der Waals surface area contributed by atoms with Crippen LogP contribution in [-0.2, 0) is 10.0 Å². The summed E-state index contributed by atoms with van der Waals surface area (Å²) in [6.45, 7) is 3.55. The predicted octanol–water partition coefficient (Wildman–Crippen LogP) is 7.25. The lowest BCUT2D eigenvalue weighted by atomic mass is 9.96. The zero-order chi connectivity index (χ0) is 36.1. The number of nitrogens with one attached hydrogen (secondary N) is 1. The number of nitrogens with two attached hydrogens (primary N) is 1. The number of nitrogens with zero attached hydrogens (tertiary/aromatic N) is 2. The molecule has 50 heavy (non-hydrogen) atoms. The Balaban J connectivity index is 1.66. The largest absolute Gasteiger partial charge is 0.496 e. The number of sulfonamides is 1. The van der Waals surface area contributed by atoms with Gasteiger partial charge >= 0.3 is 0 Å². The molecular formula is C36H33F3N4O6S. The van der Waals surface area contributed by atoms with E-state index in [2.05, 4.69) is 10.3 Å². The summed E-state index contributed by atoms with van der Waals surface area (Å²) < 4.78 is 88.1. The summed E-state index contributed by atoms with van der Waals surface area (Å²) in [6, 6.07) is 15.1. The minimum absolute atomic E-state index is 0.00630. The number of carbonyl (C=O) groups is 1. The van der Waals surface area contributed by atoms with Crippen molar-refractivity contribution in [2.24, 2.45) is 5.73 Å². The summed E-state index contributed by atoms with van der Waals surface area (Å²) in [5.74, 6) is -2.39. The molecule has 10 nitrogen and oxygen atoms in total. The lowest BCUT2D eigenvalue weighted by Gasteiger charge is -2.28. The van der Waals surface area contributed by atoms with Crippen molar-refractivity contribution in [3.05, 3.63) is 89.7 Å². The van der Waals surface area contributed by atoms with Crippen LogP contribution in [0.15, 0.2) is 75.6 Å². The Bertz CT molecular complexity index is 2380. The third-order valence-electron chi connectivity index (χ3n) is 8.15. The number of anilines is 1. The van der Waals surface area contributed by atoms with Crippen molar-refractivity contribution in [3.8, 4) is 39.7 Å². The molecule has 0 atom stereocenters. The van der Waals surface area contributed by atoms with E-state index in [0.717, 1.165) is 12.3 Å². The van der Waals surface area contributed by atoms with Gasteiger partial charge in [0, 0.05) is 53.8 Å². The number of carbonyl (C=O) groups excluding carboxylic acids is 1. The molecule has 4 aromatic carbocycles. The van der Waals surface area contributed by atoms with Crippen LogP contribution < -0.4 is 20.1 Å². The monoisotopic (exact) mass is 706 g/mol. The van der Waals surface area contributed by atoms with E-state index in [4.69, 9.17) is 19.3 Å². The van der Waals surface area contributed by atoms with Crippen molar-refractivity contribution in [1.29, 1.82) is 0 Å². The maximum atomic E-state index is 14.6. The molecule has 0 aliphatic heterocycles. The van der Waals surface area contributed by atoms with E-state index in [9.17, 15) is 26.4 Å². The van der Waals surface area contributed by atoms with Crippen LogP contribution in [0.1, 0.15) is 30.6 Å². The zero-order valence-electron chi connectivity index (χ0n) is 27.7. The maximum absolute atomic E-state index is 14.6. The molecular weight excluding hydrogens is 673 g/mol. The highest BCUT2D eigenvalue weighted by Crippen LogP contribution is 2.44. The second-order valence-electron chi connectivity index (χ2n) is 12.5. The number of furan rings is 1. The SMILES string of the molecule is CNC(=O)c1c(-c2ccc(F)cc2)oc2cc(N(CCC(C)(C)N)S(C)(=O)=O)c(-c3ccc(OC)c(-c4nc5c(F)cc(F)cc5o4)c3)cc12. The third-order valence-corrected chi connectivity index (χ3v) is 9.33. The standard InChI is InChI=1S/C36H33F3N4O6S/c1-36(2,40)12-13-43(50(5,45)46)27-18-29-24(31(34(44)41-3)33(48-29)19-6-9-21(37)10-7-19)17-23(27)20-8-11-28(47-4)25(14-20)35-42-32-26(39)15-22(38)16-30(32)49-35/h6-11,14-18H,12-13,40H2,1-5H3,(H,41,44). The Kier molecular flexibility index (Phi) is 8.87. The van der Waals surface area contributed by atoms with E-state index >= 15 is 0 Å². The van der Waals surface area contributed by atoms with Crippen LogP contribution in [0.25, 0.3) is 56.0 Å². The molecule has 0 fully saturated rings. The van der Waals surface area contributed by atoms with Crippen LogP contribution in [0.3, 0.4) is 0 Å². The molecule has 0 aliphatic rings. The highest BCUT2D eigenvalue weighted by molar-refractivity contribution is 7.92. The summed E-state index contributed by atoms with van der Waals surface area (Å²) in [7, 11) is -1.07. The van der Waals surface area contributed by atoms with E-state index in [1.807, 2.05) is 0 Å². The maximum Gasteiger partial charge on any atom is 0.255 e. The predicted molar refractivity (Wildman–Crippen MR) is 185 cm³/mol. The van der Waals surface area contributed by atoms with Crippen molar-refractivity contribution < 1.29 is 40.0 Å². The first-order chi connectivity index (χ1) is 23.6. The fourth-order valence-corrected chi connectivity index (χ4v) is 6.63. The first-order valence-corrected chi connectivity index (χ1v) is 17.2. The minimum atomic E-state index is -3.94. The molecule has 0 saturated carbocycles. The van der Waals surface area contributed by atoms with Gasteiger partial charge in [-0.25, -0.2) is 26.6 Å². The number of halogens is 3. The molecule has 260 valence electrons. The summed E-state index contributed by atoms with van der Waals surface area (Å²) in [4.78, 5) is 17.6. The Labute approximate surface area is 285 Å². The van der Waals surface area contributed by atoms with E-state index in [-0.39, 0.29) is 63.9 Å². The average molecular weight is 707 g/mol. The summed E-state index contributed by atoms with van der Waals surface area (Å²) in [6.07, 6.45) is 1.34. The Hall–Kier alpha value is -5.34. The van der Waals surface area contributed by atoms with Gasteiger partial charge in [-0.05, 0) is 68.3 Å². The second-order valence-corrected chi connectivity index (χ2v) is 14.4. The van der Waals surface area contributed by atoms with Gasteiger partial charge in [-0.2, -0.15) is 0 Å². The van der Waals surface area contributed by atoms with Crippen LogP contribution in [0, 0.1) is 17.5 Å². The van der Waals surface area contributed by atoms with Gasteiger partial charge in [-0.3, -0.25) is 9.10 Å². The number of rotatable bonds is 10. The lowest BCUT2D eigenvalue weighted by molar-refractivity contribution is 0.0964. The van der Waals surface area contributed by atoms with Gasteiger partial charge in [-0.1, -0.05) is 6.07 Å². The van der Waals surface area contributed by atoms with Crippen molar-refractivity contribution in [1.82, 2.24) is 10.3 Å². The lowest BCUT2D eigenvalue weighted by Crippen LogP contribution is -2.39. The van der Waals surface area contributed by atoms with Gasteiger partial charge in [-0.15, -0.1) is 0 Å². The van der Waals surface area contributed by atoms with Crippen LogP contribution in [0.4, 0.5) is 18.9 Å². The molecule has 1 amide bonds. The van der Waals surface area contributed by atoms with Gasteiger partial charge < -0.3 is 24.6 Å². The van der Waals surface area contributed by atoms with E-state index in [1.165, 1.54) is 48.8 Å². The number of fused-ring (bicyclic) bond motifs is 2. The van der Waals surface area contributed by atoms with Gasteiger partial charge in [0.2, 0.25) is 15.9 Å². The Morgan fingerprint density at radius 2 is 1.64 bits per heavy atom. The van der Waals surface area contributed by atoms with Crippen LogP contribution in [0.5, 0.6) is 5.75 Å². The van der Waals surface area contributed by atoms with Gasteiger partial charge in [0.25, 0.3) is 5.91 Å². The molecule has 0 aliphatic carbocycles. The first-order valence-electron chi connectivity index (χ1n) is 15.4. The number of methoxy groups -OCH3 is 1. The van der Waals surface area contributed by atoms with Crippen molar-refractivity contribution in [2.75, 3.05) is 31.3 Å². The molecule has 14 heteroatoms. The van der Waals surface area contributed by atoms with E-state index < -0.39 is 38.9 Å². The highest BCUT2D eigenvalue weighted by atomic mass is 32.2. The van der Waals surface area contributed by atoms with Crippen molar-refractivity contribution in [3.63, 3.8) is 0 Å². The molecule has 6 rings (SSSR count). The van der Waals surface area contributed by atoms with Gasteiger partial charge in [0.15, 0.2) is 11.4 Å². The Morgan fingerprint density at radius 3 is 2.28 bits per heavy atom. The molecule has 2 aromatic heterocycles. The van der Waals surface area contributed by atoms with Crippen molar-refractivity contribution in [2.45, 2.75) is 25.8 Å². The van der Waals surface area contributed by atoms with Crippen LogP contribution >= 0.6 is 0 Å². The fraction of sp³-hybridized carbons (Fsp3) is 0.222. The molecule has 0 unspecified atom stereocenters. The second kappa shape index (κ2) is 12.8. The number of hydrogen-bond donors (Lipinski definition) is 2. The topological polar surface area (TPSA) is 141 Å². The Morgan fingerprint density at radius 1 is 0.940 bits per heavy atom. The third kappa shape index (κ3) is 6.63. The molecule has 0 radical (unpaired) electrons. The molecule has 0 spiro atoms. The van der Waals surface area contributed by atoms with Crippen LogP contribution in [0.2, 0.25) is 0 Å². The number of hydrogen-bond acceptors (Lipinski definition) is 8. The van der Waals surface area contributed by atoms with E-state index in [1.54, 1.807) is 38.1 Å². The smallest absolute Gasteiger partial charge is 0.255 e. The summed E-state index contributed by atoms with van der Waals surface area (Å²) >= 11 is 0. The van der Waals surface area contributed by atoms with Crippen molar-refractivity contribution >= 4 is 43.7 Å². The number of benzene rings is 4. The molecule has 0 saturated heterocycles. The number of ether oxygens (including phenoxy) is 1. The molecule has 6 aromatic rings. The summed E-state index contributed by atoms with van der Waals surface area (Å²) in [5.41, 5.74) is 7.21. The van der Waals surface area contributed by atoms with Gasteiger partial charge in [0.05, 0.1) is 30.2 Å². The fourth-order valence-electron chi connectivity index (χ4n) is 5.69. The minimum Gasteiger partial charge on any atom is -0.496 e. The van der Waals surface area contributed by atoms with Gasteiger partial charge in [0.1, 0.15) is 34.2 Å². The number of amides is 1. The number of aromatic nitrogens is 1. The molecule has 0 bridgehead atoms. The first kappa shape index (κ1) is 34.5. The normalized spacial score (nSPS) is 12.1. The van der Waals surface area contributed by atoms with E-state index in [0.29, 0.717) is 28.1 Å². The number of oxazole rings is 1. The zero-order valence-corrected chi connectivity index (χ0v) is 28.5. The average Bonchev–Trinajstić information content (AvgIpc) is 3.65. The quantitative estimate of drug-likeness (QED) is 0.152. The molecule has 3 N–H and O–H groups in total. The highest BCUT2D eigenvalue weighted by Gasteiger charge is 2.29. The summed E-state index contributed by atoms with van der Waals surface area (Å²) in [5, 5.41) is 2.96.